The second-order valence-electron chi connectivity index (χ2n) is 17.0. The standard InChI is InChI=1S/C38H61O2P/c1-26(2)18-16-15-17-19-39-41-25-31-27(21-29(35(3,4)5)23-32(31)37(9,10)11)20-28-22-30(36(6,7)8)24-33(34(28)40-41)38(12,13)14/h21-24,26H,15-20,25H2,1-14H3. The van der Waals surface area contributed by atoms with Crippen LogP contribution in [0, 0.1) is 5.92 Å². The molecule has 0 spiro atoms. The fraction of sp³-hybridized carbons (Fsp3) is 0.684. The Morgan fingerprint density at radius 2 is 1.22 bits per heavy atom. The fourth-order valence-corrected chi connectivity index (χ4v) is 7.23. The minimum atomic E-state index is -1.12. The van der Waals surface area contributed by atoms with E-state index in [4.69, 9.17) is 9.05 Å². The van der Waals surface area contributed by atoms with Crippen molar-refractivity contribution in [2.24, 2.45) is 5.92 Å². The lowest BCUT2D eigenvalue weighted by atomic mass is 9.75. The second kappa shape index (κ2) is 12.7. The van der Waals surface area contributed by atoms with Crippen LogP contribution in [-0.2, 0) is 38.8 Å². The summed E-state index contributed by atoms with van der Waals surface area (Å²) in [4.78, 5) is 0. The van der Waals surface area contributed by atoms with E-state index in [1.54, 1.807) is 0 Å². The number of unbranched alkanes of at least 4 members (excludes halogenated alkanes) is 2. The van der Waals surface area contributed by atoms with Crippen LogP contribution < -0.4 is 4.52 Å². The molecule has 0 saturated heterocycles. The van der Waals surface area contributed by atoms with Crippen molar-refractivity contribution < 1.29 is 9.05 Å². The molecule has 2 aromatic carbocycles. The smallest absolute Gasteiger partial charge is 0.234 e. The summed E-state index contributed by atoms with van der Waals surface area (Å²) in [5.41, 5.74) is 9.90. The van der Waals surface area contributed by atoms with E-state index in [2.05, 4.69) is 121 Å². The number of hydrogen-bond acceptors (Lipinski definition) is 2. The Labute approximate surface area is 255 Å². The summed E-state index contributed by atoms with van der Waals surface area (Å²) in [7, 11) is -1.12. The van der Waals surface area contributed by atoms with Crippen molar-refractivity contribution in [1.29, 1.82) is 0 Å². The van der Waals surface area contributed by atoms with Gasteiger partial charge < -0.3 is 9.05 Å². The van der Waals surface area contributed by atoms with E-state index < -0.39 is 8.38 Å². The van der Waals surface area contributed by atoms with E-state index in [1.807, 2.05) is 0 Å². The van der Waals surface area contributed by atoms with Crippen LogP contribution in [0.1, 0.15) is 162 Å². The molecular formula is C38H61O2P. The monoisotopic (exact) mass is 580 g/mol. The largest absolute Gasteiger partial charge is 0.446 e. The average molecular weight is 581 g/mol. The first-order valence-electron chi connectivity index (χ1n) is 16.1. The third kappa shape index (κ3) is 9.06. The predicted octanol–water partition coefficient (Wildman–Crippen LogP) is 11.9. The summed E-state index contributed by atoms with van der Waals surface area (Å²) in [6, 6.07) is 9.82. The minimum absolute atomic E-state index is 0.0327. The highest BCUT2D eigenvalue weighted by Gasteiger charge is 2.33. The van der Waals surface area contributed by atoms with Crippen molar-refractivity contribution in [3.05, 3.63) is 63.2 Å². The Kier molecular flexibility index (Phi) is 10.6. The van der Waals surface area contributed by atoms with Crippen molar-refractivity contribution in [2.75, 3.05) is 6.61 Å². The Hall–Kier alpha value is -1.37. The summed E-state index contributed by atoms with van der Waals surface area (Å²) in [5, 5.41) is 0. The minimum Gasteiger partial charge on any atom is -0.446 e. The molecular weight excluding hydrogens is 519 g/mol. The third-order valence-corrected chi connectivity index (χ3v) is 9.81. The molecule has 0 radical (unpaired) electrons. The molecule has 1 aliphatic heterocycles. The number of fused-ring (bicyclic) bond motifs is 2. The van der Waals surface area contributed by atoms with Gasteiger partial charge in [0.25, 0.3) is 0 Å². The second-order valence-corrected chi connectivity index (χ2v) is 18.4. The molecule has 41 heavy (non-hydrogen) atoms. The van der Waals surface area contributed by atoms with Crippen LogP contribution in [0.4, 0.5) is 0 Å². The third-order valence-electron chi connectivity index (χ3n) is 8.38. The van der Waals surface area contributed by atoms with E-state index in [9.17, 15) is 0 Å². The molecule has 230 valence electrons. The molecule has 2 nitrogen and oxygen atoms in total. The maximum Gasteiger partial charge on any atom is 0.234 e. The zero-order chi connectivity index (χ0) is 31.0. The van der Waals surface area contributed by atoms with E-state index >= 15 is 0 Å². The molecule has 2 aromatic rings. The molecule has 0 aromatic heterocycles. The van der Waals surface area contributed by atoms with E-state index in [-0.39, 0.29) is 21.7 Å². The summed E-state index contributed by atoms with van der Waals surface area (Å²) in [6.07, 6.45) is 6.62. The van der Waals surface area contributed by atoms with Gasteiger partial charge in [-0.3, -0.25) is 0 Å². The lowest BCUT2D eigenvalue weighted by Crippen LogP contribution is -2.23. The van der Waals surface area contributed by atoms with Crippen LogP contribution in [0.3, 0.4) is 0 Å². The number of benzene rings is 2. The summed E-state index contributed by atoms with van der Waals surface area (Å²) in [5.74, 6) is 1.84. The van der Waals surface area contributed by atoms with Gasteiger partial charge in [-0.2, -0.15) is 0 Å². The Bertz CT molecular complexity index is 1100. The Morgan fingerprint density at radius 3 is 1.73 bits per heavy atom. The summed E-state index contributed by atoms with van der Waals surface area (Å²) in [6.45, 7) is 33.4. The van der Waals surface area contributed by atoms with Crippen LogP contribution in [-0.4, -0.2) is 6.61 Å². The van der Waals surface area contributed by atoms with Gasteiger partial charge in [0, 0.05) is 12.0 Å². The van der Waals surface area contributed by atoms with Gasteiger partial charge >= 0.3 is 0 Å². The van der Waals surface area contributed by atoms with Gasteiger partial charge in [0.1, 0.15) is 5.75 Å². The maximum absolute atomic E-state index is 7.07. The van der Waals surface area contributed by atoms with Crippen molar-refractivity contribution >= 4 is 8.38 Å². The molecule has 0 aliphatic carbocycles. The molecule has 0 fully saturated rings. The number of hydrogen-bond donors (Lipinski definition) is 0. The van der Waals surface area contributed by atoms with Crippen LogP contribution >= 0.6 is 8.38 Å². The molecule has 0 saturated carbocycles. The van der Waals surface area contributed by atoms with Gasteiger partial charge in [-0.1, -0.05) is 140 Å². The van der Waals surface area contributed by atoms with Crippen molar-refractivity contribution in [3.8, 4) is 5.75 Å². The van der Waals surface area contributed by atoms with Crippen LogP contribution in [0.15, 0.2) is 24.3 Å². The van der Waals surface area contributed by atoms with Gasteiger partial charge in [-0.25, -0.2) is 0 Å². The highest BCUT2D eigenvalue weighted by atomic mass is 31.2. The lowest BCUT2D eigenvalue weighted by molar-refractivity contribution is 0.297. The first kappa shape index (κ1) is 34.1. The van der Waals surface area contributed by atoms with E-state index in [0.717, 1.165) is 37.3 Å². The highest BCUT2D eigenvalue weighted by molar-refractivity contribution is 7.46. The van der Waals surface area contributed by atoms with Crippen molar-refractivity contribution in [1.82, 2.24) is 0 Å². The first-order chi connectivity index (χ1) is 18.7. The van der Waals surface area contributed by atoms with E-state index in [0.29, 0.717) is 0 Å². The quantitative estimate of drug-likeness (QED) is 0.239. The normalized spacial score (nSPS) is 16.6. The maximum atomic E-state index is 7.07. The first-order valence-corrected chi connectivity index (χ1v) is 17.5. The molecule has 0 N–H and O–H groups in total. The topological polar surface area (TPSA) is 18.5 Å². The zero-order valence-corrected chi connectivity index (χ0v) is 30.0. The molecule has 0 bridgehead atoms. The fourth-order valence-electron chi connectivity index (χ4n) is 5.64. The Balaban J connectivity index is 2.19. The van der Waals surface area contributed by atoms with Gasteiger partial charge in [0.05, 0.1) is 12.8 Å². The van der Waals surface area contributed by atoms with Crippen LogP contribution in [0.25, 0.3) is 0 Å². The lowest BCUT2D eigenvalue weighted by Gasteiger charge is -2.35. The van der Waals surface area contributed by atoms with Gasteiger partial charge in [-0.05, 0) is 67.4 Å². The summed E-state index contributed by atoms with van der Waals surface area (Å²) < 4.78 is 13.8. The molecule has 3 heteroatoms. The molecule has 3 rings (SSSR count). The molecule has 1 aliphatic rings. The zero-order valence-electron chi connectivity index (χ0n) is 29.1. The van der Waals surface area contributed by atoms with Crippen LogP contribution in [0.2, 0.25) is 0 Å². The molecule has 0 amide bonds. The molecule has 1 atom stereocenters. The van der Waals surface area contributed by atoms with E-state index in [1.165, 1.54) is 58.2 Å². The SMILES string of the molecule is CC(C)CCCCCOP1Cc2c(cc(C(C)(C)C)cc2C(C)(C)C)Cc2cc(C(C)(C)C)cc(C(C)(C)C)c2O1. The molecule has 1 unspecified atom stereocenters. The van der Waals surface area contributed by atoms with Crippen molar-refractivity contribution in [3.63, 3.8) is 0 Å². The van der Waals surface area contributed by atoms with Gasteiger partial charge in [0.2, 0.25) is 8.38 Å². The predicted molar refractivity (Wildman–Crippen MR) is 181 cm³/mol. The summed E-state index contributed by atoms with van der Waals surface area (Å²) >= 11 is 0. The van der Waals surface area contributed by atoms with Crippen molar-refractivity contribution in [2.45, 2.75) is 157 Å². The van der Waals surface area contributed by atoms with Crippen LogP contribution in [0.5, 0.6) is 5.75 Å². The molecule has 1 heterocycles. The highest BCUT2D eigenvalue weighted by Crippen LogP contribution is 2.52. The Morgan fingerprint density at radius 1 is 0.683 bits per heavy atom. The van der Waals surface area contributed by atoms with Gasteiger partial charge in [-0.15, -0.1) is 0 Å². The van der Waals surface area contributed by atoms with Gasteiger partial charge in [0.15, 0.2) is 0 Å². The average Bonchev–Trinajstić information content (AvgIpc) is 2.78. The number of rotatable bonds is 7.